The molecule has 1 aliphatic heterocycles. The predicted octanol–water partition coefficient (Wildman–Crippen LogP) is 1.19. The second kappa shape index (κ2) is 4.01. The average molecular weight is 250 g/mol. The molecular formula is C11H12ClN5. The SMILES string of the molecule is Nc1cc(-n2ncc(C3CNC3)n2)ccc1Cl. The summed E-state index contributed by atoms with van der Waals surface area (Å²) in [6.45, 7) is 1.95. The molecule has 0 radical (unpaired) electrons. The fourth-order valence-electron chi connectivity index (χ4n) is 1.74. The molecule has 1 aromatic carbocycles. The molecule has 1 aliphatic rings. The standard InChI is InChI=1S/C11H12ClN5/c12-9-2-1-8(3-10(9)13)17-15-6-11(16-17)7-4-14-5-7/h1-3,6-7,14H,4-5,13H2. The van der Waals surface area contributed by atoms with Crippen LogP contribution in [-0.2, 0) is 0 Å². The van der Waals surface area contributed by atoms with Crippen molar-refractivity contribution in [1.82, 2.24) is 20.3 Å². The summed E-state index contributed by atoms with van der Waals surface area (Å²) in [5.41, 5.74) is 8.12. The second-order valence-corrected chi connectivity index (χ2v) is 4.53. The molecule has 0 spiro atoms. The van der Waals surface area contributed by atoms with E-state index in [1.807, 2.05) is 6.07 Å². The van der Waals surface area contributed by atoms with Gasteiger partial charge in [-0.05, 0) is 18.2 Å². The number of nitrogens with one attached hydrogen (secondary N) is 1. The Hall–Kier alpha value is -1.59. The third-order valence-electron chi connectivity index (χ3n) is 2.92. The highest BCUT2D eigenvalue weighted by molar-refractivity contribution is 6.33. The lowest BCUT2D eigenvalue weighted by molar-refractivity contribution is 0.437. The number of nitrogens with zero attached hydrogens (tertiary/aromatic N) is 3. The molecule has 0 aliphatic carbocycles. The van der Waals surface area contributed by atoms with Crippen molar-refractivity contribution in [2.24, 2.45) is 0 Å². The fraction of sp³-hybridized carbons (Fsp3) is 0.273. The molecule has 0 unspecified atom stereocenters. The molecule has 0 bridgehead atoms. The minimum absolute atomic E-state index is 0.480. The Morgan fingerprint density at radius 3 is 2.88 bits per heavy atom. The first-order chi connectivity index (χ1) is 8.24. The number of aromatic nitrogens is 3. The van der Waals surface area contributed by atoms with Crippen molar-refractivity contribution in [3.8, 4) is 5.69 Å². The Balaban J connectivity index is 1.92. The van der Waals surface area contributed by atoms with E-state index < -0.39 is 0 Å². The Kier molecular flexibility index (Phi) is 2.49. The number of rotatable bonds is 2. The predicted molar refractivity (Wildman–Crippen MR) is 66.4 cm³/mol. The summed E-state index contributed by atoms with van der Waals surface area (Å²) in [4.78, 5) is 1.58. The van der Waals surface area contributed by atoms with Gasteiger partial charge in [-0.3, -0.25) is 0 Å². The summed E-state index contributed by atoms with van der Waals surface area (Å²) in [7, 11) is 0. The Morgan fingerprint density at radius 2 is 2.24 bits per heavy atom. The van der Waals surface area contributed by atoms with E-state index in [1.165, 1.54) is 0 Å². The van der Waals surface area contributed by atoms with Gasteiger partial charge < -0.3 is 11.1 Å². The highest BCUT2D eigenvalue weighted by Crippen LogP contribution is 2.22. The van der Waals surface area contributed by atoms with Crippen molar-refractivity contribution in [2.75, 3.05) is 18.8 Å². The van der Waals surface area contributed by atoms with Crippen molar-refractivity contribution >= 4 is 17.3 Å². The lowest BCUT2D eigenvalue weighted by atomic mass is 10.0. The lowest BCUT2D eigenvalue weighted by Gasteiger charge is -2.24. The van der Waals surface area contributed by atoms with Gasteiger partial charge in [0.05, 0.1) is 28.3 Å². The quantitative estimate of drug-likeness (QED) is 0.785. The van der Waals surface area contributed by atoms with Gasteiger partial charge in [-0.2, -0.15) is 15.0 Å². The van der Waals surface area contributed by atoms with E-state index in [0.29, 0.717) is 16.6 Å². The van der Waals surface area contributed by atoms with E-state index in [0.717, 1.165) is 24.5 Å². The van der Waals surface area contributed by atoms with E-state index in [4.69, 9.17) is 17.3 Å². The Labute approximate surface area is 104 Å². The first kappa shape index (κ1) is 10.6. The van der Waals surface area contributed by atoms with E-state index in [9.17, 15) is 0 Å². The van der Waals surface area contributed by atoms with Gasteiger partial charge in [0.2, 0.25) is 0 Å². The van der Waals surface area contributed by atoms with Gasteiger partial charge in [0.25, 0.3) is 0 Å². The molecule has 0 amide bonds. The van der Waals surface area contributed by atoms with Crippen LogP contribution < -0.4 is 11.1 Å². The van der Waals surface area contributed by atoms with Crippen LogP contribution in [0.25, 0.3) is 5.69 Å². The Bertz CT molecular complexity index is 547. The van der Waals surface area contributed by atoms with Crippen LogP contribution in [0.5, 0.6) is 0 Å². The smallest absolute Gasteiger partial charge is 0.0888 e. The summed E-state index contributed by atoms with van der Waals surface area (Å²) in [6.07, 6.45) is 1.80. The summed E-state index contributed by atoms with van der Waals surface area (Å²) in [5.74, 6) is 0.480. The van der Waals surface area contributed by atoms with Gasteiger partial charge in [0, 0.05) is 19.0 Å². The van der Waals surface area contributed by atoms with Crippen molar-refractivity contribution in [3.05, 3.63) is 35.1 Å². The molecule has 2 heterocycles. The first-order valence-electron chi connectivity index (χ1n) is 5.42. The van der Waals surface area contributed by atoms with E-state index in [1.54, 1.807) is 23.1 Å². The van der Waals surface area contributed by atoms with Gasteiger partial charge in [-0.15, -0.1) is 0 Å². The lowest BCUT2D eigenvalue weighted by Crippen LogP contribution is -2.40. The summed E-state index contributed by atoms with van der Waals surface area (Å²) < 4.78 is 0. The number of hydrogen-bond acceptors (Lipinski definition) is 4. The van der Waals surface area contributed by atoms with Crippen LogP contribution in [0, 0.1) is 0 Å². The highest BCUT2D eigenvalue weighted by Gasteiger charge is 2.22. The highest BCUT2D eigenvalue weighted by atomic mass is 35.5. The van der Waals surface area contributed by atoms with Crippen LogP contribution in [0.15, 0.2) is 24.4 Å². The molecule has 88 valence electrons. The van der Waals surface area contributed by atoms with Crippen LogP contribution in [0.3, 0.4) is 0 Å². The summed E-state index contributed by atoms with van der Waals surface area (Å²) in [5, 5.41) is 12.4. The summed E-state index contributed by atoms with van der Waals surface area (Å²) in [6, 6.07) is 5.37. The minimum Gasteiger partial charge on any atom is -0.397 e. The van der Waals surface area contributed by atoms with E-state index in [-0.39, 0.29) is 0 Å². The van der Waals surface area contributed by atoms with Gasteiger partial charge in [0.1, 0.15) is 0 Å². The topological polar surface area (TPSA) is 68.8 Å². The monoisotopic (exact) mass is 249 g/mol. The first-order valence-corrected chi connectivity index (χ1v) is 5.80. The van der Waals surface area contributed by atoms with Crippen molar-refractivity contribution in [1.29, 1.82) is 0 Å². The maximum atomic E-state index is 5.87. The van der Waals surface area contributed by atoms with Crippen LogP contribution in [0.2, 0.25) is 5.02 Å². The largest absolute Gasteiger partial charge is 0.397 e. The van der Waals surface area contributed by atoms with E-state index >= 15 is 0 Å². The third kappa shape index (κ3) is 1.87. The molecule has 0 saturated carbocycles. The molecule has 3 rings (SSSR count). The molecule has 1 saturated heterocycles. The normalized spacial score (nSPS) is 15.8. The number of halogens is 1. The van der Waals surface area contributed by atoms with Crippen molar-refractivity contribution < 1.29 is 0 Å². The average Bonchev–Trinajstić information content (AvgIpc) is 2.69. The summed E-state index contributed by atoms with van der Waals surface area (Å²) >= 11 is 5.87. The molecule has 2 aromatic rings. The third-order valence-corrected chi connectivity index (χ3v) is 3.26. The molecule has 3 N–H and O–H groups in total. The van der Waals surface area contributed by atoms with Crippen LogP contribution in [0.1, 0.15) is 11.6 Å². The van der Waals surface area contributed by atoms with Crippen molar-refractivity contribution in [2.45, 2.75) is 5.92 Å². The molecule has 1 aromatic heterocycles. The zero-order valence-corrected chi connectivity index (χ0v) is 9.85. The van der Waals surface area contributed by atoms with Crippen LogP contribution >= 0.6 is 11.6 Å². The zero-order valence-electron chi connectivity index (χ0n) is 9.10. The molecule has 6 heteroatoms. The van der Waals surface area contributed by atoms with Gasteiger partial charge in [0.15, 0.2) is 0 Å². The van der Waals surface area contributed by atoms with Gasteiger partial charge >= 0.3 is 0 Å². The number of hydrogen-bond donors (Lipinski definition) is 2. The van der Waals surface area contributed by atoms with Crippen LogP contribution in [-0.4, -0.2) is 28.1 Å². The van der Waals surface area contributed by atoms with E-state index in [2.05, 4.69) is 15.5 Å². The Morgan fingerprint density at radius 1 is 1.41 bits per heavy atom. The van der Waals surface area contributed by atoms with Gasteiger partial charge in [-0.25, -0.2) is 0 Å². The molecule has 17 heavy (non-hydrogen) atoms. The molecule has 1 fully saturated rings. The molecule has 0 atom stereocenters. The molecular weight excluding hydrogens is 238 g/mol. The maximum absolute atomic E-state index is 5.87. The maximum Gasteiger partial charge on any atom is 0.0888 e. The molecule has 5 nitrogen and oxygen atoms in total. The van der Waals surface area contributed by atoms with Gasteiger partial charge in [-0.1, -0.05) is 11.6 Å². The second-order valence-electron chi connectivity index (χ2n) is 4.12. The van der Waals surface area contributed by atoms with Crippen LogP contribution in [0.4, 0.5) is 5.69 Å². The number of benzene rings is 1. The number of nitrogens with two attached hydrogens (primary N) is 1. The zero-order chi connectivity index (χ0) is 11.8. The fourth-order valence-corrected chi connectivity index (χ4v) is 1.86. The van der Waals surface area contributed by atoms with Crippen molar-refractivity contribution in [3.63, 3.8) is 0 Å². The minimum atomic E-state index is 0.480. The number of nitrogen functional groups attached to an aromatic ring is 1. The number of anilines is 1.